The van der Waals surface area contributed by atoms with E-state index in [1.54, 1.807) is 0 Å². The second-order valence-electron chi connectivity index (χ2n) is 1.80. The standard InChI is InChI=1S/C6H16N2S2.2ClH/c7-1-3-9-5-6-10-4-2-8;;/h1-8H2;2*1H. The monoisotopic (exact) mass is 252 g/mol. The zero-order valence-electron chi connectivity index (χ0n) is 7.03. The Morgan fingerprint density at radius 3 is 1.25 bits per heavy atom. The summed E-state index contributed by atoms with van der Waals surface area (Å²) < 4.78 is 0. The van der Waals surface area contributed by atoms with Crippen LogP contribution in [-0.2, 0) is 0 Å². The topological polar surface area (TPSA) is 52.0 Å². The summed E-state index contributed by atoms with van der Waals surface area (Å²) in [6.07, 6.45) is 0. The van der Waals surface area contributed by atoms with Gasteiger partial charge in [0.05, 0.1) is 0 Å². The smallest absolute Gasteiger partial charge is 0.00561 e. The van der Waals surface area contributed by atoms with E-state index in [4.69, 9.17) is 11.5 Å². The van der Waals surface area contributed by atoms with Crippen molar-refractivity contribution in [1.82, 2.24) is 0 Å². The molecule has 6 heteroatoms. The molecule has 0 rings (SSSR count). The SMILES string of the molecule is Cl.Cl.NCCSCCSCCN. The predicted molar refractivity (Wildman–Crippen MR) is 67.3 cm³/mol. The molecular weight excluding hydrogens is 235 g/mol. The molecule has 0 aliphatic rings. The summed E-state index contributed by atoms with van der Waals surface area (Å²) in [5.41, 5.74) is 10.6. The largest absolute Gasteiger partial charge is 0.330 e. The molecule has 4 N–H and O–H groups in total. The first-order valence-electron chi connectivity index (χ1n) is 3.47. The van der Waals surface area contributed by atoms with Gasteiger partial charge in [-0.1, -0.05) is 0 Å². The molecule has 0 heterocycles. The number of hydrogen-bond acceptors (Lipinski definition) is 4. The summed E-state index contributed by atoms with van der Waals surface area (Å²) >= 11 is 3.83. The lowest BCUT2D eigenvalue weighted by Gasteiger charge is -1.98. The second kappa shape index (κ2) is 18.1. The van der Waals surface area contributed by atoms with Crippen molar-refractivity contribution < 1.29 is 0 Å². The first-order valence-corrected chi connectivity index (χ1v) is 5.78. The van der Waals surface area contributed by atoms with Crippen LogP contribution in [0.5, 0.6) is 0 Å². The molecule has 0 radical (unpaired) electrons. The third-order valence-corrected chi connectivity index (χ3v) is 3.19. The lowest BCUT2D eigenvalue weighted by atomic mass is 10.8. The summed E-state index contributed by atoms with van der Waals surface area (Å²) in [6.45, 7) is 1.60. The Kier molecular flexibility index (Phi) is 28.5. The van der Waals surface area contributed by atoms with E-state index < -0.39 is 0 Å². The van der Waals surface area contributed by atoms with E-state index >= 15 is 0 Å². The maximum atomic E-state index is 5.32. The lowest BCUT2D eigenvalue weighted by Crippen LogP contribution is -2.04. The highest BCUT2D eigenvalue weighted by Crippen LogP contribution is 2.04. The normalized spacial score (nSPS) is 8.50. The van der Waals surface area contributed by atoms with Crippen molar-refractivity contribution in [2.75, 3.05) is 36.1 Å². The van der Waals surface area contributed by atoms with Gasteiger partial charge in [-0.2, -0.15) is 23.5 Å². The van der Waals surface area contributed by atoms with Crippen LogP contribution in [0.3, 0.4) is 0 Å². The molecule has 0 amide bonds. The lowest BCUT2D eigenvalue weighted by molar-refractivity contribution is 1.14. The fourth-order valence-corrected chi connectivity index (χ4v) is 2.17. The summed E-state index contributed by atoms with van der Waals surface area (Å²) in [5, 5.41) is 0. The molecule has 0 aromatic heterocycles. The van der Waals surface area contributed by atoms with Crippen LogP contribution in [0.4, 0.5) is 0 Å². The van der Waals surface area contributed by atoms with Gasteiger partial charge in [-0.05, 0) is 0 Å². The molecule has 0 aromatic rings. The summed E-state index contributed by atoms with van der Waals surface area (Å²) in [5.74, 6) is 4.59. The Balaban J connectivity index is -0.000000405. The van der Waals surface area contributed by atoms with E-state index in [-0.39, 0.29) is 24.8 Å². The molecule has 0 fully saturated rings. The Morgan fingerprint density at radius 1 is 0.667 bits per heavy atom. The minimum Gasteiger partial charge on any atom is -0.330 e. The molecule has 12 heavy (non-hydrogen) atoms. The minimum atomic E-state index is 0. The van der Waals surface area contributed by atoms with Crippen LogP contribution in [0.1, 0.15) is 0 Å². The average molecular weight is 253 g/mol. The molecule has 0 aliphatic heterocycles. The van der Waals surface area contributed by atoms with Crippen LogP contribution in [0.25, 0.3) is 0 Å². The van der Waals surface area contributed by atoms with Crippen molar-refractivity contribution in [1.29, 1.82) is 0 Å². The first kappa shape index (κ1) is 18.9. The molecule has 2 nitrogen and oxygen atoms in total. The van der Waals surface area contributed by atoms with Gasteiger partial charge >= 0.3 is 0 Å². The van der Waals surface area contributed by atoms with Gasteiger partial charge in [0.2, 0.25) is 0 Å². The zero-order chi connectivity index (χ0) is 7.66. The maximum Gasteiger partial charge on any atom is 0.00561 e. The average Bonchev–Trinajstić information content (AvgIpc) is 1.97. The molecule has 0 bridgehead atoms. The predicted octanol–water partition coefficient (Wildman–Crippen LogP) is 1.21. The summed E-state index contributed by atoms with van der Waals surface area (Å²) in [6, 6.07) is 0. The van der Waals surface area contributed by atoms with Crippen molar-refractivity contribution in [3.8, 4) is 0 Å². The van der Waals surface area contributed by atoms with E-state index in [0.29, 0.717) is 0 Å². The Morgan fingerprint density at radius 2 is 1.00 bits per heavy atom. The third kappa shape index (κ3) is 17.3. The number of thioether (sulfide) groups is 2. The van der Waals surface area contributed by atoms with E-state index in [9.17, 15) is 0 Å². The number of rotatable bonds is 7. The van der Waals surface area contributed by atoms with Crippen molar-refractivity contribution in [2.24, 2.45) is 11.5 Å². The second-order valence-corrected chi connectivity index (χ2v) is 4.25. The molecule has 0 spiro atoms. The minimum absolute atomic E-state index is 0. The first-order chi connectivity index (χ1) is 4.91. The highest BCUT2D eigenvalue weighted by Gasteiger charge is 1.87. The van der Waals surface area contributed by atoms with Gasteiger partial charge in [-0.15, -0.1) is 24.8 Å². The zero-order valence-corrected chi connectivity index (χ0v) is 10.3. The quantitative estimate of drug-likeness (QED) is 0.670. The van der Waals surface area contributed by atoms with Crippen molar-refractivity contribution in [3.05, 3.63) is 0 Å². The molecule has 0 aliphatic carbocycles. The van der Waals surface area contributed by atoms with E-state index in [2.05, 4.69) is 0 Å². The van der Waals surface area contributed by atoms with Crippen LogP contribution < -0.4 is 11.5 Å². The van der Waals surface area contributed by atoms with Gasteiger partial charge in [0.25, 0.3) is 0 Å². The van der Waals surface area contributed by atoms with Gasteiger partial charge < -0.3 is 11.5 Å². The highest BCUT2D eigenvalue weighted by atomic mass is 35.5. The van der Waals surface area contributed by atoms with Gasteiger partial charge in [-0.3, -0.25) is 0 Å². The maximum absolute atomic E-state index is 5.32. The number of hydrogen-bond donors (Lipinski definition) is 2. The molecule has 0 saturated heterocycles. The van der Waals surface area contributed by atoms with Gasteiger partial charge in [0.1, 0.15) is 0 Å². The Hall–Kier alpha value is 1.20. The molecule has 78 valence electrons. The van der Waals surface area contributed by atoms with Crippen LogP contribution in [0.15, 0.2) is 0 Å². The molecule has 0 unspecified atom stereocenters. The van der Waals surface area contributed by atoms with Gasteiger partial charge in [0.15, 0.2) is 0 Å². The third-order valence-electron chi connectivity index (χ3n) is 0.896. The van der Waals surface area contributed by atoms with Crippen molar-refractivity contribution in [3.63, 3.8) is 0 Å². The van der Waals surface area contributed by atoms with Gasteiger partial charge in [-0.25, -0.2) is 0 Å². The van der Waals surface area contributed by atoms with E-state index in [0.717, 1.165) is 24.6 Å². The molecule has 0 atom stereocenters. The fourth-order valence-electron chi connectivity index (χ4n) is 0.489. The number of halogens is 2. The molecule has 0 aromatic carbocycles. The highest BCUT2D eigenvalue weighted by molar-refractivity contribution is 8.02. The van der Waals surface area contributed by atoms with Gasteiger partial charge in [0, 0.05) is 36.1 Å². The van der Waals surface area contributed by atoms with E-state index in [1.165, 1.54) is 11.5 Å². The van der Waals surface area contributed by atoms with Crippen LogP contribution >= 0.6 is 48.3 Å². The number of nitrogens with two attached hydrogens (primary N) is 2. The fraction of sp³-hybridized carbons (Fsp3) is 1.00. The van der Waals surface area contributed by atoms with Crippen LogP contribution in [0.2, 0.25) is 0 Å². The molecular formula is C6H18Cl2N2S2. The van der Waals surface area contributed by atoms with Crippen molar-refractivity contribution >= 4 is 48.3 Å². The summed E-state index contributed by atoms with van der Waals surface area (Å²) in [4.78, 5) is 0. The van der Waals surface area contributed by atoms with Crippen LogP contribution in [0, 0.1) is 0 Å². The van der Waals surface area contributed by atoms with Crippen molar-refractivity contribution in [2.45, 2.75) is 0 Å². The Labute approximate surface area is 95.8 Å². The molecule has 0 saturated carbocycles. The Bertz CT molecular complexity index is 61.5. The van der Waals surface area contributed by atoms with Crippen LogP contribution in [-0.4, -0.2) is 36.1 Å². The summed E-state index contributed by atoms with van der Waals surface area (Å²) in [7, 11) is 0. The van der Waals surface area contributed by atoms with E-state index in [1.807, 2.05) is 23.5 Å².